The number of aryl methyl sites for hydroxylation is 1. The number of methoxy groups -OCH3 is 1. The SMILES string of the molecule is COc1ccc2c(c1)CCCC2CNC(=O)N(C)CCC(=O)O. The fourth-order valence-corrected chi connectivity index (χ4v) is 2.94. The number of carbonyl (C=O) groups is 2. The molecule has 2 N–H and O–H groups in total. The highest BCUT2D eigenvalue weighted by Gasteiger charge is 2.21. The van der Waals surface area contributed by atoms with Gasteiger partial charge in [0.25, 0.3) is 0 Å². The van der Waals surface area contributed by atoms with Gasteiger partial charge < -0.3 is 20.1 Å². The third-order valence-corrected chi connectivity index (χ3v) is 4.30. The summed E-state index contributed by atoms with van der Waals surface area (Å²) in [5, 5.41) is 11.6. The summed E-state index contributed by atoms with van der Waals surface area (Å²) >= 11 is 0. The molecule has 1 aromatic carbocycles. The zero-order chi connectivity index (χ0) is 16.8. The summed E-state index contributed by atoms with van der Waals surface area (Å²) < 4.78 is 5.27. The molecule has 1 aromatic rings. The molecule has 0 saturated carbocycles. The second-order valence-electron chi connectivity index (χ2n) is 5.91. The van der Waals surface area contributed by atoms with Crippen molar-refractivity contribution in [3.8, 4) is 5.75 Å². The Morgan fingerprint density at radius 1 is 1.43 bits per heavy atom. The van der Waals surface area contributed by atoms with Crippen molar-refractivity contribution in [3.63, 3.8) is 0 Å². The molecule has 0 spiro atoms. The van der Waals surface area contributed by atoms with Crippen LogP contribution in [0.2, 0.25) is 0 Å². The molecule has 1 aliphatic rings. The average Bonchev–Trinajstić information content (AvgIpc) is 2.56. The van der Waals surface area contributed by atoms with E-state index in [2.05, 4.69) is 17.4 Å². The first-order valence-corrected chi connectivity index (χ1v) is 7.89. The highest BCUT2D eigenvalue weighted by molar-refractivity contribution is 5.75. The Morgan fingerprint density at radius 2 is 2.22 bits per heavy atom. The van der Waals surface area contributed by atoms with Crippen LogP contribution in [0.5, 0.6) is 5.75 Å². The average molecular weight is 320 g/mol. The maximum Gasteiger partial charge on any atom is 0.317 e. The summed E-state index contributed by atoms with van der Waals surface area (Å²) in [6.07, 6.45) is 3.12. The van der Waals surface area contributed by atoms with E-state index in [1.54, 1.807) is 14.2 Å². The quantitative estimate of drug-likeness (QED) is 0.842. The molecule has 0 bridgehead atoms. The van der Waals surface area contributed by atoms with E-state index in [0.717, 1.165) is 25.0 Å². The monoisotopic (exact) mass is 320 g/mol. The topological polar surface area (TPSA) is 78.9 Å². The van der Waals surface area contributed by atoms with E-state index in [1.807, 2.05) is 6.07 Å². The summed E-state index contributed by atoms with van der Waals surface area (Å²) in [6.45, 7) is 0.773. The molecule has 0 heterocycles. The van der Waals surface area contributed by atoms with E-state index in [1.165, 1.54) is 16.0 Å². The Labute approximate surface area is 136 Å². The van der Waals surface area contributed by atoms with Gasteiger partial charge in [0, 0.05) is 26.1 Å². The minimum atomic E-state index is -0.903. The molecule has 1 atom stereocenters. The van der Waals surface area contributed by atoms with Crippen molar-refractivity contribution in [3.05, 3.63) is 29.3 Å². The van der Waals surface area contributed by atoms with Crippen LogP contribution < -0.4 is 10.1 Å². The molecular weight excluding hydrogens is 296 g/mol. The summed E-state index contributed by atoms with van der Waals surface area (Å²) in [5.74, 6) is 0.253. The van der Waals surface area contributed by atoms with Crippen LogP contribution in [-0.4, -0.2) is 49.3 Å². The fourth-order valence-electron chi connectivity index (χ4n) is 2.94. The van der Waals surface area contributed by atoms with Crippen molar-refractivity contribution >= 4 is 12.0 Å². The molecule has 2 amide bonds. The van der Waals surface area contributed by atoms with Crippen LogP contribution in [-0.2, 0) is 11.2 Å². The number of hydrogen-bond donors (Lipinski definition) is 2. The van der Waals surface area contributed by atoms with Crippen molar-refractivity contribution in [2.75, 3.05) is 27.2 Å². The zero-order valence-electron chi connectivity index (χ0n) is 13.7. The number of carbonyl (C=O) groups excluding carboxylic acids is 1. The maximum atomic E-state index is 12.0. The molecule has 0 fully saturated rings. The van der Waals surface area contributed by atoms with Gasteiger partial charge in [-0.3, -0.25) is 4.79 Å². The van der Waals surface area contributed by atoms with Gasteiger partial charge in [-0.05, 0) is 42.5 Å². The molecule has 1 unspecified atom stereocenters. The van der Waals surface area contributed by atoms with Crippen molar-refractivity contribution in [1.29, 1.82) is 0 Å². The second-order valence-corrected chi connectivity index (χ2v) is 5.91. The third-order valence-electron chi connectivity index (χ3n) is 4.30. The third kappa shape index (κ3) is 4.61. The number of ether oxygens (including phenoxy) is 1. The standard InChI is InChI=1S/C17H24N2O4/c1-19(9-8-16(20)21)17(22)18-11-13-5-3-4-12-10-14(23-2)6-7-15(12)13/h6-7,10,13H,3-5,8-9,11H2,1-2H3,(H,18,22)(H,20,21). The number of amides is 2. The van der Waals surface area contributed by atoms with Crippen molar-refractivity contribution in [2.45, 2.75) is 31.6 Å². The molecule has 0 aliphatic heterocycles. The lowest BCUT2D eigenvalue weighted by atomic mass is 9.82. The first-order chi connectivity index (χ1) is 11.0. The number of aliphatic carboxylic acids is 1. The number of benzene rings is 1. The van der Waals surface area contributed by atoms with Crippen LogP contribution in [0.3, 0.4) is 0 Å². The van der Waals surface area contributed by atoms with Gasteiger partial charge in [0.05, 0.1) is 13.5 Å². The highest BCUT2D eigenvalue weighted by Crippen LogP contribution is 2.33. The predicted octanol–water partition coefficient (Wildman–Crippen LogP) is 2.23. The maximum absolute atomic E-state index is 12.0. The number of carboxylic acid groups (broad SMARTS) is 1. The van der Waals surface area contributed by atoms with E-state index < -0.39 is 5.97 Å². The number of hydrogen-bond acceptors (Lipinski definition) is 3. The van der Waals surface area contributed by atoms with Gasteiger partial charge in [0.2, 0.25) is 0 Å². The molecule has 0 aromatic heterocycles. The van der Waals surface area contributed by atoms with E-state index in [9.17, 15) is 9.59 Å². The van der Waals surface area contributed by atoms with Gasteiger partial charge >= 0.3 is 12.0 Å². The number of nitrogens with zero attached hydrogens (tertiary/aromatic N) is 1. The van der Waals surface area contributed by atoms with Crippen LogP contribution in [0.1, 0.15) is 36.3 Å². The predicted molar refractivity (Wildman–Crippen MR) is 87.0 cm³/mol. The summed E-state index contributed by atoms with van der Waals surface area (Å²) in [6, 6.07) is 5.88. The van der Waals surface area contributed by atoms with Crippen LogP contribution in [0.15, 0.2) is 18.2 Å². The Hall–Kier alpha value is -2.24. The lowest BCUT2D eigenvalue weighted by Crippen LogP contribution is -2.40. The molecule has 6 nitrogen and oxygen atoms in total. The molecular formula is C17H24N2O4. The first kappa shape index (κ1) is 17.1. The minimum absolute atomic E-state index is 0.0457. The van der Waals surface area contributed by atoms with Gasteiger partial charge in [-0.1, -0.05) is 6.07 Å². The van der Waals surface area contributed by atoms with Crippen LogP contribution >= 0.6 is 0 Å². The Morgan fingerprint density at radius 3 is 2.91 bits per heavy atom. The molecule has 126 valence electrons. The van der Waals surface area contributed by atoms with Crippen LogP contribution in [0.4, 0.5) is 4.79 Å². The molecule has 23 heavy (non-hydrogen) atoms. The number of rotatable bonds is 6. The van der Waals surface area contributed by atoms with Gasteiger partial charge in [-0.15, -0.1) is 0 Å². The lowest BCUT2D eigenvalue weighted by Gasteiger charge is -2.27. The van der Waals surface area contributed by atoms with E-state index >= 15 is 0 Å². The van der Waals surface area contributed by atoms with E-state index in [0.29, 0.717) is 12.5 Å². The summed E-state index contributed by atoms with van der Waals surface area (Å²) in [7, 11) is 3.27. The number of urea groups is 1. The van der Waals surface area contributed by atoms with Gasteiger partial charge in [-0.25, -0.2) is 4.79 Å². The summed E-state index contributed by atoms with van der Waals surface area (Å²) in [4.78, 5) is 24.0. The largest absolute Gasteiger partial charge is 0.497 e. The van der Waals surface area contributed by atoms with Crippen molar-refractivity contribution < 1.29 is 19.4 Å². The normalized spacial score (nSPS) is 16.3. The first-order valence-electron chi connectivity index (χ1n) is 7.89. The Bertz CT molecular complexity index is 574. The molecule has 6 heteroatoms. The van der Waals surface area contributed by atoms with Gasteiger partial charge in [-0.2, -0.15) is 0 Å². The van der Waals surface area contributed by atoms with Crippen molar-refractivity contribution in [2.24, 2.45) is 0 Å². The number of nitrogens with one attached hydrogen (secondary N) is 1. The van der Waals surface area contributed by atoms with Crippen LogP contribution in [0.25, 0.3) is 0 Å². The molecule has 0 radical (unpaired) electrons. The highest BCUT2D eigenvalue weighted by atomic mass is 16.5. The van der Waals surface area contributed by atoms with E-state index in [4.69, 9.17) is 9.84 Å². The summed E-state index contributed by atoms with van der Waals surface area (Å²) in [5.41, 5.74) is 2.56. The molecule has 1 aliphatic carbocycles. The lowest BCUT2D eigenvalue weighted by molar-refractivity contribution is -0.137. The fraction of sp³-hybridized carbons (Fsp3) is 0.529. The Balaban J connectivity index is 1.92. The zero-order valence-corrected chi connectivity index (χ0v) is 13.7. The Kier molecular flexibility index (Phi) is 5.84. The number of carboxylic acids is 1. The number of fused-ring (bicyclic) bond motifs is 1. The van der Waals surface area contributed by atoms with Crippen LogP contribution in [0, 0.1) is 0 Å². The second kappa shape index (κ2) is 7.85. The smallest absolute Gasteiger partial charge is 0.317 e. The van der Waals surface area contributed by atoms with Crippen molar-refractivity contribution in [1.82, 2.24) is 10.2 Å². The molecule has 0 saturated heterocycles. The van der Waals surface area contributed by atoms with E-state index in [-0.39, 0.29) is 19.0 Å². The minimum Gasteiger partial charge on any atom is -0.497 e. The molecule has 2 rings (SSSR count). The van der Waals surface area contributed by atoms with Gasteiger partial charge in [0.1, 0.15) is 5.75 Å². The van der Waals surface area contributed by atoms with Gasteiger partial charge in [0.15, 0.2) is 0 Å².